The van der Waals surface area contributed by atoms with E-state index in [2.05, 4.69) is 32.9 Å². The zero-order valence-electron chi connectivity index (χ0n) is 13.0. The molecular formula is C19H17IN2O2. The third-order valence-corrected chi connectivity index (χ3v) is 4.29. The van der Waals surface area contributed by atoms with E-state index < -0.39 is 0 Å². The first-order valence-electron chi connectivity index (χ1n) is 7.74. The normalized spacial score (nSPS) is 10.5. The molecule has 122 valence electrons. The Balaban J connectivity index is 1.47. The maximum atomic E-state index is 12.0. The summed E-state index contributed by atoms with van der Waals surface area (Å²) >= 11 is 2.22. The van der Waals surface area contributed by atoms with Gasteiger partial charge in [-0.05, 0) is 65.4 Å². The lowest BCUT2D eigenvalue weighted by atomic mass is 10.2. The van der Waals surface area contributed by atoms with Crippen molar-refractivity contribution in [1.82, 2.24) is 10.3 Å². The van der Waals surface area contributed by atoms with Crippen LogP contribution in [0.15, 0.2) is 60.8 Å². The number of pyridine rings is 1. The number of aromatic nitrogens is 1. The van der Waals surface area contributed by atoms with Crippen molar-refractivity contribution in [2.75, 3.05) is 13.2 Å². The molecule has 4 nitrogen and oxygen atoms in total. The molecule has 0 radical (unpaired) electrons. The van der Waals surface area contributed by atoms with E-state index in [1.165, 1.54) is 0 Å². The van der Waals surface area contributed by atoms with Gasteiger partial charge in [0.2, 0.25) is 0 Å². The Labute approximate surface area is 154 Å². The van der Waals surface area contributed by atoms with Crippen molar-refractivity contribution in [3.05, 3.63) is 69.9 Å². The number of halogens is 1. The van der Waals surface area contributed by atoms with E-state index in [1.54, 1.807) is 6.20 Å². The first-order valence-corrected chi connectivity index (χ1v) is 8.82. The van der Waals surface area contributed by atoms with E-state index >= 15 is 0 Å². The van der Waals surface area contributed by atoms with Crippen LogP contribution in [0, 0.1) is 3.57 Å². The van der Waals surface area contributed by atoms with Gasteiger partial charge in [0.25, 0.3) is 5.91 Å². The van der Waals surface area contributed by atoms with Gasteiger partial charge in [-0.15, -0.1) is 0 Å². The minimum Gasteiger partial charge on any atom is -0.491 e. The van der Waals surface area contributed by atoms with Crippen molar-refractivity contribution in [3.8, 4) is 5.75 Å². The Morgan fingerprint density at radius 1 is 1.08 bits per heavy atom. The van der Waals surface area contributed by atoms with Crippen molar-refractivity contribution in [2.24, 2.45) is 0 Å². The predicted octanol–water partition coefficient (Wildman–Crippen LogP) is 4.04. The van der Waals surface area contributed by atoms with E-state index in [1.807, 2.05) is 54.6 Å². The van der Waals surface area contributed by atoms with Crippen molar-refractivity contribution < 1.29 is 9.53 Å². The Hall–Kier alpha value is -2.15. The molecule has 2 aromatic carbocycles. The summed E-state index contributed by atoms with van der Waals surface area (Å²) in [6, 6.07) is 17.3. The maximum absolute atomic E-state index is 12.0. The highest BCUT2D eigenvalue weighted by atomic mass is 127. The molecule has 1 aromatic heterocycles. The van der Waals surface area contributed by atoms with Gasteiger partial charge < -0.3 is 10.1 Å². The van der Waals surface area contributed by atoms with Gasteiger partial charge in [0.05, 0.1) is 6.61 Å². The lowest BCUT2D eigenvalue weighted by molar-refractivity contribution is 0.0951. The van der Waals surface area contributed by atoms with Crippen LogP contribution in [0.4, 0.5) is 0 Å². The lowest BCUT2D eigenvalue weighted by Gasteiger charge is -2.09. The lowest BCUT2D eigenvalue weighted by Crippen LogP contribution is -2.25. The molecule has 0 atom stereocenters. The number of ether oxygens (including phenoxy) is 1. The quantitative estimate of drug-likeness (QED) is 0.473. The second-order valence-electron chi connectivity index (χ2n) is 5.30. The number of amides is 1. The smallest absolute Gasteiger partial charge is 0.251 e. The number of benzene rings is 2. The summed E-state index contributed by atoms with van der Waals surface area (Å²) in [6.07, 6.45) is 2.50. The van der Waals surface area contributed by atoms with E-state index in [4.69, 9.17) is 4.74 Å². The molecule has 0 aliphatic carbocycles. The van der Waals surface area contributed by atoms with Crippen molar-refractivity contribution in [1.29, 1.82) is 0 Å². The van der Waals surface area contributed by atoms with Gasteiger partial charge in [-0.2, -0.15) is 0 Å². The number of nitrogens with zero attached hydrogens (tertiary/aromatic N) is 1. The largest absolute Gasteiger partial charge is 0.491 e. The molecule has 0 fully saturated rings. The second-order valence-corrected chi connectivity index (χ2v) is 6.54. The number of nitrogens with one attached hydrogen (secondary N) is 1. The van der Waals surface area contributed by atoms with E-state index in [0.29, 0.717) is 18.7 Å². The molecule has 3 rings (SSSR count). The molecule has 0 spiro atoms. The van der Waals surface area contributed by atoms with Crippen LogP contribution < -0.4 is 10.1 Å². The highest BCUT2D eigenvalue weighted by Gasteiger charge is 2.05. The summed E-state index contributed by atoms with van der Waals surface area (Å²) in [6.45, 7) is 1.10. The second kappa shape index (κ2) is 8.10. The minimum absolute atomic E-state index is 0.0572. The van der Waals surface area contributed by atoms with Gasteiger partial charge in [-0.25, -0.2) is 0 Å². The fraction of sp³-hybridized carbons (Fsp3) is 0.158. The number of carbonyl (C=O) groups is 1. The summed E-state index contributed by atoms with van der Waals surface area (Å²) in [5.74, 6) is 0.718. The van der Waals surface area contributed by atoms with Gasteiger partial charge in [-0.3, -0.25) is 9.78 Å². The Morgan fingerprint density at radius 2 is 1.88 bits per heavy atom. The fourth-order valence-corrected chi connectivity index (χ4v) is 2.71. The van der Waals surface area contributed by atoms with Crippen LogP contribution in [-0.4, -0.2) is 24.0 Å². The third kappa shape index (κ3) is 4.23. The molecule has 3 aromatic rings. The SMILES string of the molecule is O=C(NCCCOc1cccc2cccnc12)c1ccc(I)cc1. The third-order valence-electron chi connectivity index (χ3n) is 3.57. The van der Waals surface area contributed by atoms with E-state index in [0.717, 1.165) is 26.6 Å². The standard InChI is InChI=1S/C19H17IN2O2/c20-16-9-7-15(8-10-16)19(23)22-12-3-13-24-17-6-1-4-14-5-2-11-21-18(14)17/h1-2,4-11H,3,12-13H2,(H,22,23). The van der Waals surface area contributed by atoms with Crippen LogP contribution in [0.25, 0.3) is 10.9 Å². The van der Waals surface area contributed by atoms with Gasteiger partial charge in [-0.1, -0.05) is 18.2 Å². The van der Waals surface area contributed by atoms with Gasteiger partial charge in [0, 0.05) is 27.3 Å². The van der Waals surface area contributed by atoms with Crippen LogP contribution in [0.5, 0.6) is 5.75 Å². The number of hydrogen-bond donors (Lipinski definition) is 1. The first kappa shape index (κ1) is 16.7. The average Bonchev–Trinajstić information content (AvgIpc) is 2.62. The Bertz CT molecular complexity index is 829. The Morgan fingerprint density at radius 3 is 2.71 bits per heavy atom. The number of hydrogen-bond acceptors (Lipinski definition) is 3. The summed E-state index contributed by atoms with van der Waals surface area (Å²) in [5, 5.41) is 3.96. The molecule has 0 saturated carbocycles. The summed E-state index contributed by atoms with van der Waals surface area (Å²) in [5.41, 5.74) is 1.54. The first-order chi connectivity index (χ1) is 11.7. The van der Waals surface area contributed by atoms with Crippen LogP contribution in [-0.2, 0) is 0 Å². The van der Waals surface area contributed by atoms with Crippen molar-refractivity contribution in [2.45, 2.75) is 6.42 Å². The minimum atomic E-state index is -0.0572. The molecule has 0 unspecified atom stereocenters. The number of para-hydroxylation sites is 1. The maximum Gasteiger partial charge on any atom is 0.251 e. The van der Waals surface area contributed by atoms with Gasteiger partial charge in [0.1, 0.15) is 11.3 Å². The number of fused-ring (bicyclic) bond motifs is 1. The van der Waals surface area contributed by atoms with Crippen molar-refractivity contribution >= 4 is 39.4 Å². The molecular weight excluding hydrogens is 415 g/mol. The summed E-state index contributed by atoms with van der Waals surface area (Å²) in [7, 11) is 0. The highest BCUT2D eigenvalue weighted by molar-refractivity contribution is 14.1. The molecule has 1 N–H and O–H groups in total. The molecule has 5 heteroatoms. The molecule has 24 heavy (non-hydrogen) atoms. The monoisotopic (exact) mass is 432 g/mol. The Kier molecular flexibility index (Phi) is 5.63. The predicted molar refractivity (Wildman–Crippen MR) is 103 cm³/mol. The molecule has 0 aliphatic rings. The van der Waals surface area contributed by atoms with Crippen LogP contribution in [0.2, 0.25) is 0 Å². The molecule has 0 bridgehead atoms. The van der Waals surface area contributed by atoms with Crippen LogP contribution in [0.3, 0.4) is 0 Å². The number of rotatable bonds is 6. The molecule has 1 heterocycles. The molecule has 1 amide bonds. The topological polar surface area (TPSA) is 51.2 Å². The summed E-state index contributed by atoms with van der Waals surface area (Å²) < 4.78 is 6.92. The van der Waals surface area contributed by atoms with E-state index in [-0.39, 0.29) is 5.91 Å². The fourth-order valence-electron chi connectivity index (χ4n) is 2.35. The van der Waals surface area contributed by atoms with Crippen molar-refractivity contribution in [3.63, 3.8) is 0 Å². The highest BCUT2D eigenvalue weighted by Crippen LogP contribution is 2.22. The summed E-state index contributed by atoms with van der Waals surface area (Å²) in [4.78, 5) is 16.4. The van der Waals surface area contributed by atoms with Crippen LogP contribution >= 0.6 is 22.6 Å². The van der Waals surface area contributed by atoms with Gasteiger partial charge in [0.15, 0.2) is 0 Å². The number of carbonyl (C=O) groups excluding carboxylic acids is 1. The van der Waals surface area contributed by atoms with E-state index in [9.17, 15) is 4.79 Å². The average molecular weight is 432 g/mol. The molecule has 0 aliphatic heterocycles. The van der Waals surface area contributed by atoms with Crippen LogP contribution in [0.1, 0.15) is 16.8 Å². The zero-order valence-corrected chi connectivity index (χ0v) is 15.2. The van der Waals surface area contributed by atoms with Gasteiger partial charge >= 0.3 is 0 Å². The molecule has 0 saturated heterocycles. The zero-order chi connectivity index (χ0) is 16.8.